The van der Waals surface area contributed by atoms with Gasteiger partial charge < -0.3 is 0 Å². The second-order valence-electron chi connectivity index (χ2n) is 5.28. The van der Waals surface area contributed by atoms with Crippen molar-refractivity contribution in [1.29, 1.82) is 0 Å². The lowest BCUT2D eigenvalue weighted by Crippen LogP contribution is -2.22. The smallest absolute Gasteiger partial charge is 0.0521 e. The number of rotatable bonds is 4. The average molecular weight is 229 g/mol. The predicted molar refractivity (Wildman–Crippen MR) is 65.2 cm³/mol. The number of aromatic nitrogens is 2. The molecule has 1 heterocycles. The number of nitrogens with zero attached hydrogens (tertiary/aromatic N) is 2. The standard InChI is InChI=1S/C12H21ClN2/c1-12(2,3)11(7-13)6-5-10-8-14-15(4)9-10/h8-9,11H,5-7H2,1-4H3. The van der Waals surface area contributed by atoms with Crippen LogP contribution in [-0.4, -0.2) is 15.7 Å². The van der Waals surface area contributed by atoms with Crippen molar-refractivity contribution in [1.82, 2.24) is 9.78 Å². The van der Waals surface area contributed by atoms with Crippen molar-refractivity contribution in [2.24, 2.45) is 18.4 Å². The number of alkyl halides is 1. The zero-order chi connectivity index (χ0) is 11.5. The van der Waals surface area contributed by atoms with E-state index in [0.29, 0.717) is 11.3 Å². The molecule has 1 aromatic heterocycles. The van der Waals surface area contributed by atoms with Crippen LogP contribution >= 0.6 is 11.6 Å². The van der Waals surface area contributed by atoms with Crippen molar-refractivity contribution >= 4 is 11.6 Å². The molecule has 0 radical (unpaired) electrons. The van der Waals surface area contributed by atoms with Gasteiger partial charge in [-0.2, -0.15) is 5.10 Å². The second-order valence-corrected chi connectivity index (χ2v) is 5.59. The van der Waals surface area contributed by atoms with Gasteiger partial charge in [-0.05, 0) is 29.7 Å². The van der Waals surface area contributed by atoms with Crippen LogP contribution < -0.4 is 0 Å². The molecular weight excluding hydrogens is 208 g/mol. The van der Waals surface area contributed by atoms with Crippen LogP contribution in [0.4, 0.5) is 0 Å². The molecule has 0 saturated carbocycles. The summed E-state index contributed by atoms with van der Waals surface area (Å²) >= 11 is 6.00. The van der Waals surface area contributed by atoms with Gasteiger partial charge in [0.15, 0.2) is 0 Å². The third-order valence-corrected chi connectivity index (χ3v) is 3.32. The van der Waals surface area contributed by atoms with Gasteiger partial charge in [-0.3, -0.25) is 4.68 Å². The van der Waals surface area contributed by atoms with Crippen LogP contribution in [0, 0.1) is 11.3 Å². The second kappa shape index (κ2) is 5.02. The molecule has 3 heteroatoms. The van der Waals surface area contributed by atoms with E-state index in [0.717, 1.165) is 18.7 Å². The Balaban J connectivity index is 2.48. The summed E-state index contributed by atoms with van der Waals surface area (Å²) in [6.07, 6.45) is 6.23. The molecule has 15 heavy (non-hydrogen) atoms. The predicted octanol–water partition coefficient (Wildman–Crippen LogP) is 3.25. The van der Waals surface area contributed by atoms with E-state index in [-0.39, 0.29) is 0 Å². The maximum Gasteiger partial charge on any atom is 0.0521 e. The van der Waals surface area contributed by atoms with Crippen molar-refractivity contribution in [2.45, 2.75) is 33.6 Å². The molecule has 0 amide bonds. The van der Waals surface area contributed by atoms with Crippen LogP contribution in [0.15, 0.2) is 12.4 Å². The average Bonchev–Trinajstić information content (AvgIpc) is 2.50. The van der Waals surface area contributed by atoms with E-state index in [9.17, 15) is 0 Å². The van der Waals surface area contributed by atoms with Crippen molar-refractivity contribution in [2.75, 3.05) is 5.88 Å². The minimum Gasteiger partial charge on any atom is -0.276 e. The first-order valence-electron chi connectivity index (χ1n) is 5.47. The van der Waals surface area contributed by atoms with Gasteiger partial charge in [0.05, 0.1) is 6.20 Å². The molecule has 0 aliphatic rings. The van der Waals surface area contributed by atoms with Crippen LogP contribution in [0.5, 0.6) is 0 Å². The van der Waals surface area contributed by atoms with E-state index in [4.69, 9.17) is 11.6 Å². The van der Waals surface area contributed by atoms with Crippen LogP contribution in [0.2, 0.25) is 0 Å². The highest BCUT2D eigenvalue weighted by Gasteiger charge is 2.23. The van der Waals surface area contributed by atoms with Crippen molar-refractivity contribution in [3.63, 3.8) is 0 Å². The van der Waals surface area contributed by atoms with E-state index in [2.05, 4.69) is 32.1 Å². The molecule has 0 N–H and O–H groups in total. The summed E-state index contributed by atoms with van der Waals surface area (Å²) in [7, 11) is 1.95. The molecule has 1 rings (SSSR count). The molecule has 0 aromatic carbocycles. The van der Waals surface area contributed by atoms with Gasteiger partial charge in [-0.1, -0.05) is 20.8 Å². The fraction of sp³-hybridized carbons (Fsp3) is 0.750. The highest BCUT2D eigenvalue weighted by atomic mass is 35.5. The Bertz CT molecular complexity index is 299. The van der Waals surface area contributed by atoms with Crippen molar-refractivity contribution in [3.8, 4) is 0 Å². The van der Waals surface area contributed by atoms with Gasteiger partial charge in [-0.25, -0.2) is 0 Å². The fourth-order valence-electron chi connectivity index (χ4n) is 1.68. The lowest BCUT2D eigenvalue weighted by molar-refractivity contribution is 0.251. The summed E-state index contributed by atoms with van der Waals surface area (Å²) in [5.41, 5.74) is 1.60. The van der Waals surface area contributed by atoms with Gasteiger partial charge in [0.25, 0.3) is 0 Å². The lowest BCUT2D eigenvalue weighted by atomic mass is 9.79. The first kappa shape index (κ1) is 12.6. The topological polar surface area (TPSA) is 17.8 Å². The van der Waals surface area contributed by atoms with Gasteiger partial charge in [0, 0.05) is 19.1 Å². The minimum absolute atomic E-state index is 0.296. The maximum atomic E-state index is 6.00. The van der Waals surface area contributed by atoms with Gasteiger partial charge in [-0.15, -0.1) is 11.6 Å². The van der Waals surface area contributed by atoms with Gasteiger partial charge >= 0.3 is 0 Å². The van der Waals surface area contributed by atoms with E-state index >= 15 is 0 Å². The molecule has 0 spiro atoms. The van der Waals surface area contributed by atoms with Crippen LogP contribution in [0.1, 0.15) is 32.8 Å². The highest BCUT2D eigenvalue weighted by Crippen LogP contribution is 2.30. The molecular formula is C12H21ClN2. The molecule has 86 valence electrons. The summed E-state index contributed by atoms with van der Waals surface area (Å²) in [5.74, 6) is 1.31. The Morgan fingerprint density at radius 2 is 2.13 bits per heavy atom. The molecule has 1 atom stereocenters. The lowest BCUT2D eigenvalue weighted by Gasteiger charge is -2.28. The van der Waals surface area contributed by atoms with E-state index < -0.39 is 0 Å². The Morgan fingerprint density at radius 1 is 1.47 bits per heavy atom. The number of aryl methyl sites for hydroxylation is 2. The van der Waals surface area contributed by atoms with Crippen molar-refractivity contribution in [3.05, 3.63) is 18.0 Å². The zero-order valence-corrected chi connectivity index (χ0v) is 10.9. The summed E-state index contributed by atoms with van der Waals surface area (Å²) in [6, 6.07) is 0. The largest absolute Gasteiger partial charge is 0.276 e. The maximum absolute atomic E-state index is 6.00. The SMILES string of the molecule is Cn1cc(CCC(CCl)C(C)(C)C)cn1. The summed E-state index contributed by atoms with van der Waals surface area (Å²) in [4.78, 5) is 0. The molecule has 0 bridgehead atoms. The van der Waals surface area contributed by atoms with Gasteiger partial charge in [0.2, 0.25) is 0 Å². The Labute approximate surface area is 97.6 Å². The molecule has 2 nitrogen and oxygen atoms in total. The molecule has 1 unspecified atom stereocenters. The summed E-state index contributed by atoms with van der Waals surface area (Å²) < 4.78 is 1.85. The minimum atomic E-state index is 0.296. The fourth-order valence-corrected chi connectivity index (χ4v) is 2.30. The van der Waals surface area contributed by atoms with Crippen LogP contribution in [-0.2, 0) is 13.5 Å². The Hall–Kier alpha value is -0.500. The molecule has 0 aliphatic heterocycles. The van der Waals surface area contributed by atoms with E-state index in [1.54, 1.807) is 0 Å². The number of halogens is 1. The first-order chi connectivity index (χ1) is 6.93. The van der Waals surface area contributed by atoms with E-state index in [1.165, 1.54) is 5.56 Å². The monoisotopic (exact) mass is 228 g/mol. The van der Waals surface area contributed by atoms with Gasteiger partial charge in [0.1, 0.15) is 0 Å². The molecule has 0 saturated heterocycles. The summed E-state index contributed by atoms with van der Waals surface area (Å²) in [6.45, 7) is 6.76. The first-order valence-corrected chi connectivity index (χ1v) is 6.00. The van der Waals surface area contributed by atoms with E-state index in [1.807, 2.05) is 17.9 Å². The quantitative estimate of drug-likeness (QED) is 0.724. The Kier molecular flexibility index (Phi) is 4.21. The third kappa shape index (κ3) is 3.86. The van der Waals surface area contributed by atoms with Crippen LogP contribution in [0.3, 0.4) is 0 Å². The number of hydrogen-bond donors (Lipinski definition) is 0. The zero-order valence-electron chi connectivity index (χ0n) is 10.1. The normalized spacial score (nSPS) is 14.2. The molecule has 0 fully saturated rings. The third-order valence-electron chi connectivity index (χ3n) is 2.95. The number of hydrogen-bond acceptors (Lipinski definition) is 1. The molecule has 1 aromatic rings. The van der Waals surface area contributed by atoms with Crippen LogP contribution in [0.25, 0.3) is 0 Å². The Morgan fingerprint density at radius 3 is 2.53 bits per heavy atom. The highest BCUT2D eigenvalue weighted by molar-refractivity contribution is 6.18. The van der Waals surface area contributed by atoms with Crippen molar-refractivity contribution < 1.29 is 0 Å². The molecule has 0 aliphatic carbocycles. The summed E-state index contributed by atoms with van der Waals surface area (Å²) in [5, 5.41) is 4.17.